The van der Waals surface area contributed by atoms with Crippen LogP contribution in [-0.4, -0.2) is 56.4 Å². The Hall–Kier alpha value is -3.27. The molecular formula is C19H19FN6O3. The van der Waals surface area contributed by atoms with Gasteiger partial charge in [-0.1, -0.05) is 0 Å². The largest absolute Gasteiger partial charge is 0.475 e. The first-order valence-corrected chi connectivity index (χ1v) is 9.45. The molecule has 9 nitrogen and oxygen atoms in total. The van der Waals surface area contributed by atoms with E-state index in [1.165, 1.54) is 16.8 Å². The number of aliphatic hydroxyl groups is 1. The molecule has 1 saturated heterocycles. The topological polar surface area (TPSA) is 105 Å². The minimum atomic E-state index is -0.952. The number of hydrogen-bond acceptors (Lipinski definition) is 7. The van der Waals surface area contributed by atoms with Crippen LogP contribution in [0.15, 0.2) is 30.7 Å². The van der Waals surface area contributed by atoms with E-state index in [1.54, 1.807) is 6.20 Å². The number of rotatable bonds is 0. The molecule has 29 heavy (non-hydrogen) atoms. The van der Waals surface area contributed by atoms with Crippen LogP contribution in [0, 0.1) is 5.82 Å². The highest BCUT2D eigenvalue weighted by atomic mass is 19.1. The lowest BCUT2D eigenvalue weighted by Crippen LogP contribution is -2.35. The molecule has 0 unspecified atom stereocenters. The number of pyridine rings is 1. The van der Waals surface area contributed by atoms with Crippen molar-refractivity contribution in [1.82, 2.24) is 24.9 Å². The molecule has 0 aromatic carbocycles. The van der Waals surface area contributed by atoms with Gasteiger partial charge in [0.1, 0.15) is 29.9 Å². The molecule has 5 heterocycles. The minimum Gasteiger partial charge on any atom is -0.475 e. The summed E-state index contributed by atoms with van der Waals surface area (Å²) in [6.45, 7) is 0.635. The van der Waals surface area contributed by atoms with E-state index in [4.69, 9.17) is 4.74 Å². The number of hydrogen-bond donors (Lipinski definition) is 2. The maximum Gasteiger partial charge on any atom is 0.256 e. The van der Waals surface area contributed by atoms with E-state index in [1.807, 2.05) is 6.07 Å². The van der Waals surface area contributed by atoms with E-state index in [0.717, 1.165) is 25.6 Å². The van der Waals surface area contributed by atoms with E-state index in [0.29, 0.717) is 22.6 Å². The molecule has 1 fully saturated rings. The highest BCUT2D eigenvalue weighted by Gasteiger charge is 2.31. The molecule has 150 valence electrons. The second kappa shape index (κ2) is 6.96. The number of aliphatic hydroxyl groups excluding tert-OH is 1. The normalized spacial score (nSPS) is 22.0. The first kappa shape index (κ1) is 17.8. The molecule has 0 saturated carbocycles. The van der Waals surface area contributed by atoms with Crippen LogP contribution in [0.25, 0.3) is 5.65 Å². The molecule has 0 spiro atoms. The summed E-state index contributed by atoms with van der Waals surface area (Å²) < 4.78 is 21.2. The SMILES string of the molecule is O=C1NC[C@H](O)COc2ncc(F)cc2[C@H]2CCCN2c2ccn3ncc1c3n2. The van der Waals surface area contributed by atoms with Crippen LogP contribution in [0.5, 0.6) is 5.88 Å². The van der Waals surface area contributed by atoms with E-state index < -0.39 is 11.9 Å². The summed E-state index contributed by atoms with van der Waals surface area (Å²) in [7, 11) is 0. The zero-order valence-electron chi connectivity index (χ0n) is 15.5. The van der Waals surface area contributed by atoms with Gasteiger partial charge >= 0.3 is 0 Å². The number of fused-ring (bicyclic) bond motifs is 5. The van der Waals surface area contributed by atoms with Gasteiger partial charge in [0.2, 0.25) is 5.88 Å². The van der Waals surface area contributed by atoms with Gasteiger partial charge in [-0.2, -0.15) is 5.10 Å². The monoisotopic (exact) mass is 398 g/mol. The maximum atomic E-state index is 14.0. The van der Waals surface area contributed by atoms with Crippen molar-refractivity contribution in [3.8, 4) is 5.88 Å². The lowest BCUT2D eigenvalue weighted by molar-refractivity contribution is 0.0835. The fourth-order valence-electron chi connectivity index (χ4n) is 3.89. The number of aromatic nitrogens is 4. The molecule has 1 amide bonds. The third-order valence-electron chi connectivity index (χ3n) is 5.26. The smallest absolute Gasteiger partial charge is 0.256 e. The van der Waals surface area contributed by atoms with Crippen molar-refractivity contribution in [3.05, 3.63) is 47.7 Å². The first-order chi connectivity index (χ1) is 14.1. The van der Waals surface area contributed by atoms with Crippen LogP contribution in [0.3, 0.4) is 0 Å². The zero-order chi connectivity index (χ0) is 20.0. The molecule has 10 heteroatoms. The maximum absolute atomic E-state index is 14.0. The van der Waals surface area contributed by atoms with E-state index >= 15 is 0 Å². The van der Waals surface area contributed by atoms with Crippen LogP contribution in [0.2, 0.25) is 0 Å². The van der Waals surface area contributed by atoms with Gasteiger partial charge in [0.15, 0.2) is 5.65 Å². The van der Waals surface area contributed by atoms with Crippen LogP contribution in [0.4, 0.5) is 10.2 Å². The minimum absolute atomic E-state index is 0.0120. The van der Waals surface area contributed by atoms with E-state index in [9.17, 15) is 14.3 Å². The molecule has 2 atom stereocenters. The first-order valence-electron chi connectivity index (χ1n) is 9.45. The van der Waals surface area contributed by atoms with Crippen LogP contribution >= 0.6 is 0 Å². The lowest BCUT2D eigenvalue weighted by Gasteiger charge is -2.27. The van der Waals surface area contributed by atoms with Crippen molar-refractivity contribution in [3.63, 3.8) is 0 Å². The Kier molecular flexibility index (Phi) is 4.27. The van der Waals surface area contributed by atoms with Crippen molar-refractivity contribution in [2.45, 2.75) is 25.0 Å². The van der Waals surface area contributed by atoms with Gasteiger partial charge < -0.3 is 20.1 Å². The number of ether oxygens (including phenoxy) is 1. The average Bonchev–Trinajstić information content (AvgIpc) is 3.37. The summed E-state index contributed by atoms with van der Waals surface area (Å²) >= 11 is 0. The Morgan fingerprint density at radius 3 is 3.14 bits per heavy atom. The number of halogens is 1. The number of carbonyl (C=O) groups excluding carboxylic acids is 1. The molecule has 2 aliphatic rings. The van der Waals surface area contributed by atoms with Crippen molar-refractivity contribution < 1.29 is 19.0 Å². The Bertz CT molecular complexity index is 1090. The third-order valence-corrected chi connectivity index (χ3v) is 5.26. The predicted octanol–water partition coefficient (Wildman–Crippen LogP) is 1.09. The van der Waals surface area contributed by atoms with Crippen LogP contribution in [-0.2, 0) is 0 Å². The number of β-amino-alcohol motifs (C(OH)–C–C–N with tert-alkyl or cyclic N) is 1. The quantitative estimate of drug-likeness (QED) is 0.584. The van der Waals surface area contributed by atoms with Gasteiger partial charge in [0.25, 0.3) is 5.91 Å². The Morgan fingerprint density at radius 1 is 1.34 bits per heavy atom. The Morgan fingerprint density at radius 2 is 2.24 bits per heavy atom. The summed E-state index contributed by atoms with van der Waals surface area (Å²) in [6, 6.07) is 3.07. The standard InChI is InChI=1S/C19H19FN6O3/c20-11-6-13-15-2-1-4-25(15)16-3-5-26-17(24-16)14(9-23-26)18(28)21-8-12(27)10-29-19(13)22-7-11/h3,5-7,9,12,15,27H,1-2,4,8,10H2,(H,21,28)/t12-,15+/m0/s1. The zero-order valence-corrected chi connectivity index (χ0v) is 15.5. The highest BCUT2D eigenvalue weighted by Crippen LogP contribution is 2.39. The Labute approximate surface area is 165 Å². The van der Waals surface area contributed by atoms with Crippen molar-refractivity contribution >= 4 is 17.4 Å². The molecule has 5 rings (SSSR count). The summed E-state index contributed by atoms with van der Waals surface area (Å²) in [5.74, 6) is 0.118. The number of nitrogens with zero attached hydrogens (tertiary/aromatic N) is 5. The number of amides is 1. The molecule has 2 bridgehead atoms. The highest BCUT2D eigenvalue weighted by molar-refractivity contribution is 5.99. The van der Waals surface area contributed by atoms with Gasteiger partial charge in [-0.15, -0.1) is 0 Å². The second-order valence-electron chi connectivity index (χ2n) is 7.19. The summed E-state index contributed by atoms with van der Waals surface area (Å²) in [6.07, 6.45) is 5.01. The fourth-order valence-corrected chi connectivity index (χ4v) is 3.89. The van der Waals surface area contributed by atoms with Crippen LogP contribution in [0.1, 0.15) is 34.8 Å². The average molecular weight is 398 g/mol. The summed E-state index contributed by atoms with van der Waals surface area (Å²) in [5.41, 5.74) is 1.36. The summed E-state index contributed by atoms with van der Waals surface area (Å²) in [4.78, 5) is 23.4. The van der Waals surface area contributed by atoms with Crippen LogP contribution < -0.4 is 15.0 Å². The van der Waals surface area contributed by atoms with Gasteiger partial charge in [0, 0.05) is 24.8 Å². The van der Waals surface area contributed by atoms with E-state index in [-0.39, 0.29) is 31.0 Å². The molecule has 3 aromatic rings. The number of carbonyl (C=O) groups is 1. The van der Waals surface area contributed by atoms with Gasteiger partial charge in [0.05, 0.1) is 18.4 Å². The lowest BCUT2D eigenvalue weighted by atomic mass is 10.1. The molecule has 0 aliphatic carbocycles. The van der Waals surface area contributed by atoms with Crippen molar-refractivity contribution in [2.24, 2.45) is 0 Å². The third kappa shape index (κ3) is 3.15. The Balaban J connectivity index is 1.66. The van der Waals surface area contributed by atoms with Crippen molar-refractivity contribution in [2.75, 3.05) is 24.6 Å². The van der Waals surface area contributed by atoms with Gasteiger partial charge in [-0.3, -0.25) is 4.79 Å². The predicted molar refractivity (Wildman–Crippen MR) is 100 cm³/mol. The molecule has 2 aliphatic heterocycles. The van der Waals surface area contributed by atoms with Gasteiger partial charge in [-0.05, 0) is 25.0 Å². The molecule has 0 radical (unpaired) electrons. The number of anilines is 1. The van der Waals surface area contributed by atoms with E-state index in [2.05, 4.69) is 25.3 Å². The molecule has 3 aromatic heterocycles. The number of nitrogens with one attached hydrogen (secondary N) is 1. The molecular weight excluding hydrogens is 379 g/mol. The molecule has 2 N–H and O–H groups in total. The fraction of sp³-hybridized carbons (Fsp3) is 0.368. The summed E-state index contributed by atoms with van der Waals surface area (Å²) in [5, 5.41) is 17.0. The second-order valence-corrected chi connectivity index (χ2v) is 7.19. The van der Waals surface area contributed by atoms with Gasteiger partial charge in [-0.25, -0.2) is 18.9 Å². The van der Waals surface area contributed by atoms with Crippen molar-refractivity contribution in [1.29, 1.82) is 0 Å².